The Kier molecular flexibility index (Phi) is 4.01. The minimum absolute atomic E-state index is 0.169. The maximum absolute atomic E-state index is 13.4. The second kappa shape index (κ2) is 5.93. The summed E-state index contributed by atoms with van der Waals surface area (Å²) in [5, 5.41) is 0.169. The van der Waals surface area contributed by atoms with Gasteiger partial charge in [-0.2, -0.15) is 15.0 Å². The molecule has 3 rings (SSSR count). The fourth-order valence-electron chi connectivity index (χ4n) is 2.49. The molecular formula is C15H16ClFN4. The van der Waals surface area contributed by atoms with Gasteiger partial charge in [-0.05, 0) is 61.5 Å². The van der Waals surface area contributed by atoms with Gasteiger partial charge in [0.1, 0.15) is 5.82 Å². The van der Waals surface area contributed by atoms with E-state index in [9.17, 15) is 4.39 Å². The lowest BCUT2D eigenvalue weighted by Crippen LogP contribution is -2.31. The van der Waals surface area contributed by atoms with Gasteiger partial charge in [0.25, 0.3) is 0 Å². The number of nitrogens with zero attached hydrogens (tertiary/aromatic N) is 4. The summed E-state index contributed by atoms with van der Waals surface area (Å²) in [6.07, 6.45) is 3.50. The first-order valence-corrected chi connectivity index (χ1v) is 7.44. The lowest BCUT2D eigenvalue weighted by atomic mass is 10.1. The summed E-state index contributed by atoms with van der Waals surface area (Å²) in [6, 6.07) is 4.80. The Balaban J connectivity index is 1.98. The highest BCUT2D eigenvalue weighted by Gasteiger charge is 2.16. The van der Waals surface area contributed by atoms with Crippen LogP contribution in [0.3, 0.4) is 0 Å². The lowest BCUT2D eigenvalue weighted by Gasteiger charge is -2.26. The second-order valence-corrected chi connectivity index (χ2v) is 5.58. The Bertz CT molecular complexity index is 656. The van der Waals surface area contributed by atoms with Gasteiger partial charge in [0.2, 0.25) is 11.2 Å². The topological polar surface area (TPSA) is 41.9 Å². The van der Waals surface area contributed by atoms with Crippen LogP contribution in [0.5, 0.6) is 0 Å². The van der Waals surface area contributed by atoms with E-state index >= 15 is 0 Å². The van der Waals surface area contributed by atoms with Gasteiger partial charge < -0.3 is 4.90 Å². The first kappa shape index (κ1) is 14.2. The van der Waals surface area contributed by atoms with Crippen LogP contribution in [0.15, 0.2) is 18.2 Å². The number of aryl methyl sites for hydroxylation is 1. The van der Waals surface area contributed by atoms with Crippen molar-refractivity contribution in [1.29, 1.82) is 0 Å². The normalized spacial score (nSPS) is 15.3. The molecule has 1 aliphatic heterocycles. The molecule has 0 N–H and O–H groups in total. The molecule has 21 heavy (non-hydrogen) atoms. The fraction of sp³-hybridized carbons (Fsp3) is 0.400. The summed E-state index contributed by atoms with van der Waals surface area (Å²) in [6.45, 7) is 3.58. The predicted octanol–water partition coefficient (Wildman–Crippen LogP) is 3.63. The molecule has 0 bridgehead atoms. The van der Waals surface area contributed by atoms with Gasteiger partial charge >= 0.3 is 0 Å². The van der Waals surface area contributed by atoms with Gasteiger partial charge in [0.15, 0.2) is 5.82 Å². The van der Waals surface area contributed by atoms with E-state index < -0.39 is 0 Å². The molecule has 2 heterocycles. The number of piperidine rings is 1. The van der Waals surface area contributed by atoms with Gasteiger partial charge in [0, 0.05) is 18.7 Å². The summed E-state index contributed by atoms with van der Waals surface area (Å²) >= 11 is 6.03. The van der Waals surface area contributed by atoms with Crippen molar-refractivity contribution < 1.29 is 4.39 Å². The van der Waals surface area contributed by atoms with Crippen molar-refractivity contribution in [3.8, 4) is 11.4 Å². The van der Waals surface area contributed by atoms with Crippen LogP contribution in [0, 0.1) is 12.7 Å². The zero-order valence-electron chi connectivity index (χ0n) is 11.8. The van der Waals surface area contributed by atoms with Crippen molar-refractivity contribution in [3.63, 3.8) is 0 Å². The van der Waals surface area contributed by atoms with Crippen molar-refractivity contribution in [2.24, 2.45) is 0 Å². The average Bonchev–Trinajstić information content (AvgIpc) is 2.50. The highest BCUT2D eigenvalue weighted by molar-refractivity contribution is 6.28. The zero-order chi connectivity index (χ0) is 14.8. The second-order valence-electron chi connectivity index (χ2n) is 5.24. The Hall–Kier alpha value is -1.75. The van der Waals surface area contributed by atoms with Gasteiger partial charge in [-0.1, -0.05) is 0 Å². The molecule has 6 heteroatoms. The Morgan fingerprint density at radius 3 is 2.57 bits per heavy atom. The number of benzene rings is 1. The summed E-state index contributed by atoms with van der Waals surface area (Å²) in [4.78, 5) is 15.0. The average molecular weight is 307 g/mol. The van der Waals surface area contributed by atoms with E-state index in [2.05, 4.69) is 19.9 Å². The van der Waals surface area contributed by atoms with Crippen molar-refractivity contribution >= 4 is 17.5 Å². The molecule has 2 aromatic rings. The Morgan fingerprint density at radius 2 is 1.86 bits per heavy atom. The molecular weight excluding hydrogens is 291 g/mol. The van der Waals surface area contributed by atoms with E-state index in [-0.39, 0.29) is 11.1 Å². The van der Waals surface area contributed by atoms with Crippen LogP contribution >= 0.6 is 11.6 Å². The van der Waals surface area contributed by atoms with Crippen LogP contribution in [0.25, 0.3) is 11.4 Å². The SMILES string of the molecule is Cc1cc(-c2nc(Cl)nc(N3CCCCC3)n2)ccc1F. The van der Waals surface area contributed by atoms with Gasteiger partial charge in [-0.3, -0.25) is 0 Å². The number of rotatable bonds is 2. The molecule has 0 radical (unpaired) electrons. The van der Waals surface area contributed by atoms with Crippen molar-refractivity contribution in [2.75, 3.05) is 18.0 Å². The Labute approximate surface area is 128 Å². The van der Waals surface area contributed by atoms with Crippen LogP contribution < -0.4 is 4.90 Å². The van der Waals surface area contributed by atoms with Crippen LogP contribution in [-0.2, 0) is 0 Å². The van der Waals surface area contributed by atoms with Gasteiger partial charge in [-0.15, -0.1) is 0 Å². The third-order valence-corrected chi connectivity index (χ3v) is 3.82. The number of hydrogen-bond donors (Lipinski definition) is 0. The molecule has 110 valence electrons. The van der Waals surface area contributed by atoms with E-state index in [1.165, 1.54) is 12.5 Å². The molecule has 1 saturated heterocycles. The molecule has 0 unspecified atom stereocenters. The first-order valence-electron chi connectivity index (χ1n) is 7.06. The standard InChI is InChI=1S/C15H16ClFN4/c1-10-9-11(5-6-12(10)17)13-18-14(16)20-15(19-13)21-7-3-2-4-8-21/h5-6,9H,2-4,7-8H2,1H3. The molecule has 0 amide bonds. The number of aromatic nitrogens is 3. The number of halogens is 2. The van der Waals surface area contributed by atoms with E-state index in [0.29, 0.717) is 17.3 Å². The smallest absolute Gasteiger partial charge is 0.230 e. The summed E-state index contributed by atoms with van der Waals surface area (Å²) < 4.78 is 13.4. The molecule has 0 spiro atoms. The van der Waals surface area contributed by atoms with Crippen molar-refractivity contribution in [2.45, 2.75) is 26.2 Å². The summed E-state index contributed by atoms with van der Waals surface area (Å²) in [5.41, 5.74) is 1.31. The lowest BCUT2D eigenvalue weighted by molar-refractivity contribution is 0.567. The van der Waals surface area contributed by atoms with E-state index in [1.54, 1.807) is 19.1 Å². The summed E-state index contributed by atoms with van der Waals surface area (Å²) in [7, 11) is 0. The highest BCUT2D eigenvalue weighted by Crippen LogP contribution is 2.23. The van der Waals surface area contributed by atoms with Crippen LogP contribution in [0.4, 0.5) is 10.3 Å². The molecule has 1 aromatic heterocycles. The van der Waals surface area contributed by atoms with Crippen LogP contribution in [0.1, 0.15) is 24.8 Å². The number of anilines is 1. The fourth-order valence-corrected chi connectivity index (χ4v) is 2.64. The zero-order valence-corrected chi connectivity index (χ0v) is 12.6. The minimum atomic E-state index is -0.241. The molecule has 1 fully saturated rings. The summed E-state index contributed by atoms with van der Waals surface area (Å²) in [5.74, 6) is 0.848. The molecule has 0 saturated carbocycles. The van der Waals surface area contributed by atoms with E-state index in [4.69, 9.17) is 11.6 Å². The molecule has 0 aliphatic carbocycles. The number of hydrogen-bond acceptors (Lipinski definition) is 4. The third-order valence-electron chi connectivity index (χ3n) is 3.65. The van der Waals surface area contributed by atoms with Crippen molar-refractivity contribution in [1.82, 2.24) is 15.0 Å². The largest absolute Gasteiger partial charge is 0.341 e. The maximum atomic E-state index is 13.4. The maximum Gasteiger partial charge on any atom is 0.230 e. The highest BCUT2D eigenvalue weighted by atomic mass is 35.5. The first-order chi connectivity index (χ1) is 10.1. The monoisotopic (exact) mass is 306 g/mol. The van der Waals surface area contributed by atoms with Gasteiger partial charge in [0.05, 0.1) is 0 Å². The minimum Gasteiger partial charge on any atom is -0.341 e. The van der Waals surface area contributed by atoms with Gasteiger partial charge in [-0.25, -0.2) is 4.39 Å². The molecule has 0 atom stereocenters. The van der Waals surface area contributed by atoms with Crippen molar-refractivity contribution in [3.05, 3.63) is 34.9 Å². The predicted molar refractivity (Wildman–Crippen MR) is 81.0 cm³/mol. The van der Waals surface area contributed by atoms with Crippen LogP contribution in [0.2, 0.25) is 5.28 Å². The molecule has 1 aliphatic rings. The van der Waals surface area contributed by atoms with E-state index in [0.717, 1.165) is 31.5 Å². The quantitative estimate of drug-likeness (QED) is 0.849. The Morgan fingerprint density at radius 1 is 1.10 bits per heavy atom. The van der Waals surface area contributed by atoms with E-state index in [1.807, 2.05) is 0 Å². The van der Waals surface area contributed by atoms with Crippen LogP contribution in [-0.4, -0.2) is 28.0 Å². The molecule has 4 nitrogen and oxygen atoms in total. The molecule has 1 aromatic carbocycles. The third kappa shape index (κ3) is 3.13.